The maximum atomic E-state index is 12.0. The molecule has 3 aromatic rings. The van der Waals surface area contributed by atoms with Gasteiger partial charge in [-0.3, -0.25) is 4.79 Å². The van der Waals surface area contributed by atoms with Crippen LogP contribution in [0, 0.1) is 24.2 Å². The molecular weight excluding hydrogens is 454 g/mol. The zero-order valence-electron chi connectivity index (χ0n) is 20.5. The summed E-state index contributed by atoms with van der Waals surface area (Å²) in [7, 11) is 0. The number of nitrogens with one attached hydrogen (secondary N) is 3. The number of hydrogen-bond acceptors (Lipinski definition) is 8. The number of nitrogens with zero attached hydrogens (tertiary/aromatic N) is 4. The monoisotopic (exact) mass is 485 g/mol. The molecule has 0 bridgehead atoms. The molecule has 1 aliphatic heterocycles. The van der Waals surface area contributed by atoms with Crippen LogP contribution in [0.3, 0.4) is 0 Å². The van der Waals surface area contributed by atoms with Crippen molar-refractivity contribution in [3.05, 3.63) is 53.3 Å². The third-order valence-corrected chi connectivity index (χ3v) is 7.00. The highest BCUT2D eigenvalue weighted by Crippen LogP contribution is 2.28. The molecule has 5 rings (SSSR count). The van der Waals surface area contributed by atoms with Gasteiger partial charge in [0.15, 0.2) is 0 Å². The standard InChI is InChI=1S/C27H31N7O2/c1-17-2-5-20-6-9-24(34-26(20)23(17)11-28)32-21-7-3-18(4-8-21)12-29-27-30-13-19(14-31-27)10-25(35)33-22-15-36-16-22/h2,5-6,9,13-14,18,21-22H,3-4,7-8,10,12,15-16H2,1H3,(H,32,34)(H,33,35)(H,29,30,31)/t18-,21-. The Morgan fingerprint density at radius 2 is 1.83 bits per heavy atom. The topological polar surface area (TPSA) is 125 Å². The summed E-state index contributed by atoms with van der Waals surface area (Å²) in [5.74, 6) is 1.95. The third kappa shape index (κ3) is 5.71. The van der Waals surface area contributed by atoms with Gasteiger partial charge in [0, 0.05) is 30.4 Å². The minimum absolute atomic E-state index is 0.0301. The normalized spacial score (nSPS) is 19.8. The first kappa shape index (κ1) is 23.9. The molecule has 1 aromatic carbocycles. The van der Waals surface area contributed by atoms with E-state index >= 15 is 0 Å². The second-order valence-electron chi connectivity index (χ2n) is 9.77. The lowest BCUT2D eigenvalue weighted by Gasteiger charge is -2.29. The Bertz CT molecular complexity index is 1260. The van der Waals surface area contributed by atoms with Gasteiger partial charge >= 0.3 is 0 Å². The van der Waals surface area contributed by atoms with Gasteiger partial charge < -0.3 is 20.7 Å². The van der Waals surface area contributed by atoms with Crippen LogP contribution in [0.25, 0.3) is 10.9 Å². The molecule has 9 heteroatoms. The molecule has 3 heterocycles. The quantitative estimate of drug-likeness (QED) is 0.444. The predicted octanol–water partition coefficient (Wildman–Crippen LogP) is 3.35. The Morgan fingerprint density at radius 1 is 1.08 bits per heavy atom. The van der Waals surface area contributed by atoms with Gasteiger partial charge in [-0.2, -0.15) is 5.26 Å². The summed E-state index contributed by atoms with van der Waals surface area (Å²) >= 11 is 0. The molecule has 2 aromatic heterocycles. The summed E-state index contributed by atoms with van der Waals surface area (Å²) in [5.41, 5.74) is 3.16. The second kappa shape index (κ2) is 10.9. The van der Waals surface area contributed by atoms with Crippen molar-refractivity contribution in [2.75, 3.05) is 30.4 Å². The van der Waals surface area contributed by atoms with E-state index in [4.69, 9.17) is 9.72 Å². The van der Waals surface area contributed by atoms with Crippen LogP contribution in [0.15, 0.2) is 36.7 Å². The van der Waals surface area contributed by atoms with Crippen LogP contribution in [0.2, 0.25) is 0 Å². The number of pyridine rings is 1. The number of nitriles is 1. The molecule has 0 radical (unpaired) electrons. The largest absolute Gasteiger partial charge is 0.377 e. The fraction of sp³-hybridized carbons (Fsp3) is 0.444. The number of aryl methyl sites for hydroxylation is 1. The zero-order valence-corrected chi connectivity index (χ0v) is 20.5. The number of carbonyl (C=O) groups is 1. The molecule has 0 unspecified atom stereocenters. The SMILES string of the molecule is Cc1ccc2ccc(N[C@H]3CC[C@H](CNc4ncc(CC(=O)NC5COC5)cn4)CC3)nc2c1C#N. The zero-order chi connectivity index (χ0) is 24.9. The highest BCUT2D eigenvalue weighted by atomic mass is 16.5. The number of anilines is 2. The van der Waals surface area contributed by atoms with E-state index < -0.39 is 0 Å². The van der Waals surface area contributed by atoms with Crippen LogP contribution in [-0.4, -0.2) is 52.7 Å². The van der Waals surface area contributed by atoms with E-state index in [-0.39, 0.29) is 18.4 Å². The molecule has 36 heavy (non-hydrogen) atoms. The van der Waals surface area contributed by atoms with Gasteiger partial charge in [0.05, 0.1) is 36.8 Å². The number of amides is 1. The average Bonchev–Trinajstić information content (AvgIpc) is 2.87. The molecule has 1 amide bonds. The predicted molar refractivity (Wildman–Crippen MR) is 138 cm³/mol. The number of ether oxygens (including phenoxy) is 1. The maximum absolute atomic E-state index is 12.0. The number of aromatic nitrogens is 3. The van der Waals surface area contributed by atoms with Crippen molar-refractivity contribution in [3.63, 3.8) is 0 Å². The van der Waals surface area contributed by atoms with Gasteiger partial charge in [0.1, 0.15) is 11.9 Å². The van der Waals surface area contributed by atoms with E-state index in [2.05, 4.69) is 32.0 Å². The number of benzene rings is 1. The van der Waals surface area contributed by atoms with Crippen molar-refractivity contribution in [3.8, 4) is 6.07 Å². The summed E-state index contributed by atoms with van der Waals surface area (Å²) in [4.78, 5) is 25.5. The van der Waals surface area contributed by atoms with Crippen molar-refractivity contribution >= 4 is 28.6 Å². The molecule has 2 fully saturated rings. The Kier molecular flexibility index (Phi) is 7.23. The Balaban J connectivity index is 1.07. The highest BCUT2D eigenvalue weighted by molar-refractivity contribution is 5.86. The van der Waals surface area contributed by atoms with Crippen LogP contribution < -0.4 is 16.0 Å². The third-order valence-electron chi connectivity index (χ3n) is 7.00. The van der Waals surface area contributed by atoms with E-state index in [1.54, 1.807) is 12.4 Å². The Labute approximate surface area is 210 Å². The van der Waals surface area contributed by atoms with Crippen molar-refractivity contribution in [1.29, 1.82) is 5.26 Å². The lowest BCUT2D eigenvalue weighted by atomic mass is 9.86. The number of hydrogen-bond donors (Lipinski definition) is 3. The van der Waals surface area contributed by atoms with Crippen LogP contribution in [-0.2, 0) is 16.0 Å². The first-order valence-corrected chi connectivity index (χ1v) is 12.6. The van der Waals surface area contributed by atoms with E-state index in [0.29, 0.717) is 36.7 Å². The summed E-state index contributed by atoms with van der Waals surface area (Å²) in [6.45, 7) is 3.95. The lowest BCUT2D eigenvalue weighted by Crippen LogP contribution is -2.49. The van der Waals surface area contributed by atoms with E-state index in [0.717, 1.165) is 60.1 Å². The van der Waals surface area contributed by atoms with E-state index in [9.17, 15) is 10.1 Å². The van der Waals surface area contributed by atoms with Crippen molar-refractivity contribution in [2.24, 2.45) is 5.92 Å². The molecule has 0 spiro atoms. The molecule has 3 N–H and O–H groups in total. The molecular formula is C27H31N7O2. The fourth-order valence-corrected chi connectivity index (χ4v) is 4.79. The van der Waals surface area contributed by atoms with Gasteiger partial charge in [0.2, 0.25) is 11.9 Å². The summed E-state index contributed by atoms with van der Waals surface area (Å²) in [6, 6.07) is 10.8. The first-order chi connectivity index (χ1) is 17.6. The molecule has 186 valence electrons. The van der Waals surface area contributed by atoms with Gasteiger partial charge in [-0.05, 0) is 61.8 Å². The fourth-order valence-electron chi connectivity index (χ4n) is 4.79. The number of rotatable bonds is 8. The Morgan fingerprint density at radius 3 is 2.53 bits per heavy atom. The van der Waals surface area contributed by atoms with Crippen LogP contribution >= 0.6 is 0 Å². The lowest BCUT2D eigenvalue weighted by molar-refractivity contribution is -0.124. The summed E-state index contributed by atoms with van der Waals surface area (Å²) in [6.07, 6.45) is 8.02. The maximum Gasteiger partial charge on any atom is 0.224 e. The molecule has 9 nitrogen and oxygen atoms in total. The van der Waals surface area contributed by atoms with Crippen molar-refractivity contribution < 1.29 is 9.53 Å². The van der Waals surface area contributed by atoms with Crippen LogP contribution in [0.4, 0.5) is 11.8 Å². The first-order valence-electron chi connectivity index (χ1n) is 12.6. The summed E-state index contributed by atoms with van der Waals surface area (Å²) in [5, 5.41) is 20.4. The molecule has 2 aliphatic rings. The van der Waals surface area contributed by atoms with Gasteiger partial charge in [0.25, 0.3) is 0 Å². The second-order valence-corrected chi connectivity index (χ2v) is 9.77. The summed E-state index contributed by atoms with van der Waals surface area (Å²) < 4.78 is 5.07. The molecule has 1 saturated heterocycles. The van der Waals surface area contributed by atoms with E-state index in [1.165, 1.54) is 0 Å². The molecule has 0 atom stereocenters. The average molecular weight is 486 g/mol. The van der Waals surface area contributed by atoms with Crippen LogP contribution in [0.1, 0.15) is 42.4 Å². The minimum atomic E-state index is -0.0301. The van der Waals surface area contributed by atoms with Gasteiger partial charge in [-0.25, -0.2) is 15.0 Å². The highest BCUT2D eigenvalue weighted by Gasteiger charge is 2.22. The van der Waals surface area contributed by atoms with Crippen molar-refractivity contribution in [1.82, 2.24) is 20.3 Å². The molecule has 1 aliphatic carbocycles. The molecule has 1 saturated carbocycles. The van der Waals surface area contributed by atoms with Gasteiger partial charge in [-0.1, -0.05) is 12.1 Å². The number of carbonyl (C=O) groups excluding carboxylic acids is 1. The smallest absolute Gasteiger partial charge is 0.224 e. The minimum Gasteiger partial charge on any atom is -0.377 e. The van der Waals surface area contributed by atoms with Crippen LogP contribution in [0.5, 0.6) is 0 Å². The van der Waals surface area contributed by atoms with E-state index in [1.807, 2.05) is 31.2 Å². The number of fused-ring (bicyclic) bond motifs is 1. The Hall–Kier alpha value is -3.77. The van der Waals surface area contributed by atoms with Gasteiger partial charge in [-0.15, -0.1) is 0 Å². The van der Waals surface area contributed by atoms with Crippen molar-refractivity contribution in [2.45, 2.75) is 51.1 Å².